The summed E-state index contributed by atoms with van der Waals surface area (Å²) in [6.07, 6.45) is 3.42. The zero-order valence-electron chi connectivity index (χ0n) is 7.53. The molecule has 0 aliphatic carbocycles. The summed E-state index contributed by atoms with van der Waals surface area (Å²) in [5.41, 5.74) is 11.1. The normalized spacial score (nSPS) is 14.9. The molecule has 4 nitrogen and oxygen atoms in total. The summed E-state index contributed by atoms with van der Waals surface area (Å²) >= 11 is 0. The maximum atomic E-state index is 10.7. The molecule has 0 aromatic carbocycles. The van der Waals surface area contributed by atoms with Crippen LogP contribution in [0.2, 0.25) is 0 Å². The van der Waals surface area contributed by atoms with E-state index in [2.05, 4.69) is 4.98 Å². The van der Waals surface area contributed by atoms with E-state index in [1.54, 1.807) is 25.4 Å². The average molecular weight is 179 g/mol. The first-order chi connectivity index (χ1) is 6.02. The summed E-state index contributed by atoms with van der Waals surface area (Å²) < 4.78 is 0. The summed E-state index contributed by atoms with van der Waals surface area (Å²) in [6, 6.07) is 3.61. The van der Waals surface area contributed by atoms with E-state index < -0.39 is 11.4 Å². The number of hydrogen-bond acceptors (Lipinski definition) is 3. The van der Waals surface area contributed by atoms with Crippen LogP contribution < -0.4 is 11.5 Å². The maximum absolute atomic E-state index is 10.7. The Bertz CT molecular complexity index is 295. The summed E-state index contributed by atoms with van der Waals surface area (Å²) in [4.78, 5) is 14.6. The molecular formula is C9H13N3O. The van der Waals surface area contributed by atoms with Gasteiger partial charge in [0.15, 0.2) is 0 Å². The largest absolute Gasteiger partial charge is 0.370 e. The molecule has 0 bridgehead atoms. The Labute approximate surface area is 77.0 Å². The number of nitrogens with two attached hydrogens (primary N) is 2. The Morgan fingerprint density at radius 3 is 2.85 bits per heavy atom. The fourth-order valence-corrected chi connectivity index (χ4v) is 1.16. The molecular weight excluding hydrogens is 166 g/mol. The molecule has 1 unspecified atom stereocenters. The molecule has 1 rings (SSSR count). The Morgan fingerprint density at radius 2 is 2.38 bits per heavy atom. The number of carbonyl (C=O) groups excluding carboxylic acids is 1. The predicted molar refractivity (Wildman–Crippen MR) is 49.6 cm³/mol. The zero-order valence-corrected chi connectivity index (χ0v) is 7.53. The lowest BCUT2D eigenvalue weighted by Gasteiger charge is -2.22. The van der Waals surface area contributed by atoms with Crippen molar-refractivity contribution in [1.82, 2.24) is 4.98 Å². The van der Waals surface area contributed by atoms with Crippen molar-refractivity contribution < 1.29 is 4.79 Å². The molecule has 0 saturated heterocycles. The predicted octanol–water partition coefficient (Wildman–Crippen LogP) is 0.131. The van der Waals surface area contributed by atoms with E-state index in [4.69, 9.17) is 11.5 Å². The van der Waals surface area contributed by atoms with Crippen molar-refractivity contribution in [2.45, 2.75) is 18.9 Å². The van der Waals surface area contributed by atoms with Crippen LogP contribution in [0, 0.1) is 0 Å². The maximum Gasteiger partial charge on any atom is 0.219 e. The van der Waals surface area contributed by atoms with Crippen LogP contribution in [0.1, 0.15) is 18.9 Å². The van der Waals surface area contributed by atoms with Crippen LogP contribution in [0.25, 0.3) is 0 Å². The number of nitrogens with zero attached hydrogens (tertiary/aromatic N) is 1. The van der Waals surface area contributed by atoms with Gasteiger partial charge in [0, 0.05) is 24.4 Å². The minimum Gasteiger partial charge on any atom is -0.370 e. The fraction of sp³-hybridized carbons (Fsp3) is 0.333. The Balaban J connectivity index is 2.87. The van der Waals surface area contributed by atoms with Crippen LogP contribution in [0.5, 0.6) is 0 Å². The number of amides is 1. The Hall–Kier alpha value is -1.42. The van der Waals surface area contributed by atoms with Crippen LogP contribution in [-0.2, 0) is 10.3 Å². The third-order valence-electron chi connectivity index (χ3n) is 1.86. The number of carbonyl (C=O) groups is 1. The lowest BCUT2D eigenvalue weighted by molar-refractivity contribution is -0.119. The molecule has 1 heterocycles. The lowest BCUT2D eigenvalue weighted by atomic mass is 9.91. The molecule has 1 aromatic heterocycles. The highest BCUT2D eigenvalue weighted by molar-refractivity contribution is 5.75. The van der Waals surface area contributed by atoms with Gasteiger partial charge in [-0.05, 0) is 18.6 Å². The van der Waals surface area contributed by atoms with Crippen LogP contribution in [0.3, 0.4) is 0 Å². The van der Waals surface area contributed by atoms with Crippen molar-refractivity contribution in [3.05, 3.63) is 30.1 Å². The number of pyridine rings is 1. The van der Waals surface area contributed by atoms with Crippen molar-refractivity contribution in [1.29, 1.82) is 0 Å². The lowest BCUT2D eigenvalue weighted by Crippen LogP contribution is -2.37. The molecule has 70 valence electrons. The van der Waals surface area contributed by atoms with Gasteiger partial charge in [0.2, 0.25) is 5.91 Å². The molecule has 0 aliphatic rings. The first-order valence-electron chi connectivity index (χ1n) is 4.00. The zero-order chi connectivity index (χ0) is 9.90. The van der Waals surface area contributed by atoms with Gasteiger partial charge in [0.05, 0.1) is 0 Å². The minimum absolute atomic E-state index is 0.124. The van der Waals surface area contributed by atoms with Crippen LogP contribution >= 0.6 is 0 Å². The third kappa shape index (κ3) is 2.52. The standard InChI is InChI=1S/C9H13N3O/c1-9(11,5-8(10)13)7-3-2-4-12-6-7/h2-4,6H,5,11H2,1H3,(H2,10,13). The van der Waals surface area contributed by atoms with E-state index in [9.17, 15) is 4.79 Å². The molecule has 1 amide bonds. The number of hydrogen-bond donors (Lipinski definition) is 2. The number of rotatable bonds is 3. The van der Waals surface area contributed by atoms with Gasteiger partial charge < -0.3 is 11.5 Å². The second kappa shape index (κ2) is 3.53. The van der Waals surface area contributed by atoms with E-state index in [1.165, 1.54) is 0 Å². The van der Waals surface area contributed by atoms with Gasteiger partial charge in [0.1, 0.15) is 0 Å². The van der Waals surface area contributed by atoms with Crippen molar-refractivity contribution in [2.24, 2.45) is 11.5 Å². The van der Waals surface area contributed by atoms with Crippen molar-refractivity contribution in [2.75, 3.05) is 0 Å². The molecule has 13 heavy (non-hydrogen) atoms. The van der Waals surface area contributed by atoms with Crippen molar-refractivity contribution >= 4 is 5.91 Å². The second-order valence-electron chi connectivity index (χ2n) is 3.30. The highest BCUT2D eigenvalue weighted by Gasteiger charge is 2.23. The first-order valence-corrected chi connectivity index (χ1v) is 4.00. The van der Waals surface area contributed by atoms with E-state index in [0.717, 1.165) is 5.56 Å². The monoisotopic (exact) mass is 179 g/mol. The van der Waals surface area contributed by atoms with Crippen LogP contribution in [0.4, 0.5) is 0 Å². The summed E-state index contributed by atoms with van der Waals surface area (Å²) in [7, 11) is 0. The van der Waals surface area contributed by atoms with Crippen molar-refractivity contribution in [3.63, 3.8) is 0 Å². The van der Waals surface area contributed by atoms with Crippen molar-refractivity contribution in [3.8, 4) is 0 Å². The molecule has 0 fully saturated rings. The summed E-state index contributed by atoms with van der Waals surface area (Å²) in [6.45, 7) is 1.76. The molecule has 1 atom stereocenters. The SMILES string of the molecule is CC(N)(CC(N)=O)c1cccnc1. The molecule has 4 N–H and O–H groups in total. The minimum atomic E-state index is -0.722. The third-order valence-corrected chi connectivity index (χ3v) is 1.86. The Kier molecular flexibility index (Phi) is 2.63. The second-order valence-corrected chi connectivity index (χ2v) is 3.30. The summed E-state index contributed by atoms with van der Waals surface area (Å²) in [5, 5.41) is 0. The molecule has 4 heteroatoms. The van der Waals surface area contributed by atoms with Crippen LogP contribution in [-0.4, -0.2) is 10.9 Å². The van der Waals surface area contributed by atoms with Crippen LogP contribution in [0.15, 0.2) is 24.5 Å². The average Bonchev–Trinajstić information content (AvgIpc) is 2.04. The number of aromatic nitrogens is 1. The quantitative estimate of drug-likeness (QED) is 0.692. The van der Waals surface area contributed by atoms with E-state index >= 15 is 0 Å². The van der Waals surface area contributed by atoms with E-state index in [0.29, 0.717) is 0 Å². The molecule has 0 saturated carbocycles. The van der Waals surface area contributed by atoms with Gasteiger partial charge in [-0.1, -0.05) is 6.07 Å². The van der Waals surface area contributed by atoms with Gasteiger partial charge in [-0.25, -0.2) is 0 Å². The van der Waals surface area contributed by atoms with Gasteiger partial charge >= 0.3 is 0 Å². The highest BCUT2D eigenvalue weighted by Crippen LogP contribution is 2.19. The van der Waals surface area contributed by atoms with Gasteiger partial charge in [-0.2, -0.15) is 0 Å². The van der Waals surface area contributed by atoms with Gasteiger partial charge in [0.25, 0.3) is 0 Å². The van der Waals surface area contributed by atoms with E-state index in [1.807, 2.05) is 6.07 Å². The molecule has 1 aromatic rings. The fourth-order valence-electron chi connectivity index (χ4n) is 1.16. The topological polar surface area (TPSA) is 82.0 Å². The molecule has 0 radical (unpaired) electrons. The van der Waals surface area contributed by atoms with Gasteiger partial charge in [-0.3, -0.25) is 9.78 Å². The molecule has 0 spiro atoms. The Morgan fingerprint density at radius 1 is 1.69 bits per heavy atom. The highest BCUT2D eigenvalue weighted by atomic mass is 16.1. The van der Waals surface area contributed by atoms with Gasteiger partial charge in [-0.15, -0.1) is 0 Å². The summed E-state index contributed by atoms with van der Waals surface area (Å²) in [5.74, 6) is -0.408. The smallest absolute Gasteiger partial charge is 0.219 e. The van der Waals surface area contributed by atoms with E-state index in [-0.39, 0.29) is 6.42 Å². The first kappa shape index (κ1) is 9.67. The molecule has 0 aliphatic heterocycles. The number of primary amides is 1.